The van der Waals surface area contributed by atoms with Gasteiger partial charge in [0.25, 0.3) is 0 Å². The molecule has 1 rings (SSSR count). The van der Waals surface area contributed by atoms with Crippen LogP contribution in [0.15, 0.2) is 35.6 Å². The predicted molar refractivity (Wildman–Crippen MR) is 67.9 cm³/mol. The standard InChI is InChI=1S/C12H17BrN2/c1-4-12(2,9-14-3)6-10-5-11(13)8-15-7-10/h4-5,7-8,14H,1,6,9H2,2-3H3. The van der Waals surface area contributed by atoms with Gasteiger partial charge in [-0.05, 0) is 41.0 Å². The van der Waals surface area contributed by atoms with E-state index in [1.807, 2.05) is 19.3 Å². The van der Waals surface area contributed by atoms with Crippen LogP contribution in [0.2, 0.25) is 0 Å². The van der Waals surface area contributed by atoms with E-state index in [-0.39, 0.29) is 5.41 Å². The maximum Gasteiger partial charge on any atom is 0.0410 e. The van der Waals surface area contributed by atoms with Crippen molar-refractivity contribution in [2.24, 2.45) is 5.41 Å². The molecule has 1 aromatic heterocycles. The fourth-order valence-corrected chi connectivity index (χ4v) is 2.04. The van der Waals surface area contributed by atoms with Crippen molar-refractivity contribution in [2.75, 3.05) is 13.6 Å². The summed E-state index contributed by atoms with van der Waals surface area (Å²) in [4.78, 5) is 4.16. The summed E-state index contributed by atoms with van der Waals surface area (Å²) in [6.07, 6.45) is 6.66. The maximum atomic E-state index is 4.16. The van der Waals surface area contributed by atoms with Gasteiger partial charge in [0.15, 0.2) is 0 Å². The van der Waals surface area contributed by atoms with Crippen LogP contribution in [0.5, 0.6) is 0 Å². The van der Waals surface area contributed by atoms with Crippen molar-refractivity contribution in [1.29, 1.82) is 0 Å². The lowest BCUT2D eigenvalue weighted by atomic mass is 9.84. The molecule has 0 aliphatic rings. The topological polar surface area (TPSA) is 24.9 Å². The molecule has 0 bridgehead atoms. The summed E-state index contributed by atoms with van der Waals surface area (Å²) in [6, 6.07) is 2.10. The quantitative estimate of drug-likeness (QED) is 0.831. The molecule has 0 saturated carbocycles. The van der Waals surface area contributed by atoms with Gasteiger partial charge in [0.1, 0.15) is 0 Å². The van der Waals surface area contributed by atoms with Crippen LogP contribution in [-0.4, -0.2) is 18.6 Å². The molecule has 0 aliphatic carbocycles. The first-order valence-electron chi connectivity index (χ1n) is 4.97. The average molecular weight is 269 g/mol. The molecule has 82 valence electrons. The predicted octanol–water partition coefficient (Wildman–Crippen LogP) is 2.80. The Labute approximate surface area is 99.9 Å². The molecular weight excluding hydrogens is 252 g/mol. The summed E-state index contributed by atoms with van der Waals surface area (Å²) in [5, 5.41) is 3.19. The molecule has 3 heteroatoms. The molecule has 0 amide bonds. The van der Waals surface area contributed by atoms with Gasteiger partial charge in [0, 0.05) is 28.8 Å². The van der Waals surface area contributed by atoms with Gasteiger partial charge >= 0.3 is 0 Å². The van der Waals surface area contributed by atoms with Gasteiger partial charge in [-0.25, -0.2) is 0 Å². The Balaban J connectivity index is 2.78. The van der Waals surface area contributed by atoms with Crippen LogP contribution in [0.1, 0.15) is 12.5 Å². The molecular formula is C12H17BrN2. The summed E-state index contributed by atoms with van der Waals surface area (Å²) in [6.45, 7) is 7.01. The third-order valence-electron chi connectivity index (χ3n) is 2.44. The van der Waals surface area contributed by atoms with Crippen LogP contribution < -0.4 is 5.32 Å². The van der Waals surface area contributed by atoms with Crippen LogP contribution in [0, 0.1) is 5.41 Å². The highest BCUT2D eigenvalue weighted by molar-refractivity contribution is 9.10. The van der Waals surface area contributed by atoms with E-state index in [0.717, 1.165) is 17.4 Å². The number of hydrogen-bond acceptors (Lipinski definition) is 2. The van der Waals surface area contributed by atoms with Gasteiger partial charge in [-0.15, -0.1) is 6.58 Å². The van der Waals surface area contributed by atoms with E-state index < -0.39 is 0 Å². The number of nitrogens with zero attached hydrogens (tertiary/aromatic N) is 1. The van der Waals surface area contributed by atoms with Crippen molar-refractivity contribution in [3.05, 3.63) is 41.2 Å². The summed E-state index contributed by atoms with van der Waals surface area (Å²) in [7, 11) is 1.96. The lowest BCUT2D eigenvalue weighted by Gasteiger charge is -2.25. The molecule has 0 spiro atoms. The monoisotopic (exact) mass is 268 g/mol. The molecule has 0 saturated heterocycles. The molecule has 1 atom stereocenters. The van der Waals surface area contributed by atoms with Crippen LogP contribution in [0.4, 0.5) is 0 Å². The van der Waals surface area contributed by atoms with Gasteiger partial charge in [-0.1, -0.05) is 13.0 Å². The first kappa shape index (κ1) is 12.4. The van der Waals surface area contributed by atoms with Crippen molar-refractivity contribution < 1.29 is 0 Å². The van der Waals surface area contributed by atoms with E-state index in [4.69, 9.17) is 0 Å². The SMILES string of the molecule is C=CC(C)(CNC)Cc1cncc(Br)c1. The fourth-order valence-electron chi connectivity index (χ4n) is 1.63. The number of nitrogens with one attached hydrogen (secondary N) is 1. The Kier molecular flexibility index (Phi) is 4.48. The summed E-state index contributed by atoms with van der Waals surface area (Å²) < 4.78 is 1.02. The third-order valence-corrected chi connectivity index (χ3v) is 2.88. The highest BCUT2D eigenvalue weighted by Gasteiger charge is 2.19. The number of pyridine rings is 1. The fraction of sp³-hybridized carbons (Fsp3) is 0.417. The van der Waals surface area contributed by atoms with Gasteiger partial charge in [0.05, 0.1) is 0 Å². The molecule has 15 heavy (non-hydrogen) atoms. The van der Waals surface area contributed by atoms with Crippen molar-refractivity contribution in [1.82, 2.24) is 10.3 Å². The van der Waals surface area contributed by atoms with E-state index >= 15 is 0 Å². The van der Waals surface area contributed by atoms with Gasteiger partial charge in [-0.2, -0.15) is 0 Å². The van der Waals surface area contributed by atoms with E-state index in [2.05, 4.69) is 45.8 Å². The zero-order valence-electron chi connectivity index (χ0n) is 9.26. The largest absolute Gasteiger partial charge is 0.319 e. The van der Waals surface area contributed by atoms with Crippen molar-refractivity contribution in [3.8, 4) is 0 Å². The van der Waals surface area contributed by atoms with Crippen LogP contribution in [0.3, 0.4) is 0 Å². The van der Waals surface area contributed by atoms with Gasteiger partial charge in [0.2, 0.25) is 0 Å². The number of halogens is 1. The number of aromatic nitrogens is 1. The molecule has 0 radical (unpaired) electrons. The van der Waals surface area contributed by atoms with Crippen molar-refractivity contribution in [3.63, 3.8) is 0 Å². The smallest absolute Gasteiger partial charge is 0.0410 e. The minimum absolute atomic E-state index is 0.0806. The third kappa shape index (κ3) is 3.76. The van der Waals surface area contributed by atoms with Crippen molar-refractivity contribution >= 4 is 15.9 Å². The van der Waals surface area contributed by atoms with Crippen LogP contribution >= 0.6 is 15.9 Å². The molecule has 0 aliphatic heterocycles. The summed E-state index contributed by atoms with van der Waals surface area (Å²) in [5.41, 5.74) is 1.30. The Morgan fingerprint density at radius 1 is 1.60 bits per heavy atom. The van der Waals surface area contributed by atoms with Gasteiger partial charge < -0.3 is 5.32 Å². The van der Waals surface area contributed by atoms with Crippen LogP contribution in [0.25, 0.3) is 0 Å². The normalized spacial score (nSPS) is 14.6. The zero-order chi connectivity index (χ0) is 11.3. The molecule has 0 aromatic carbocycles. The second kappa shape index (κ2) is 5.42. The second-order valence-electron chi connectivity index (χ2n) is 4.08. The van der Waals surface area contributed by atoms with Crippen LogP contribution in [-0.2, 0) is 6.42 Å². The summed E-state index contributed by atoms with van der Waals surface area (Å²) >= 11 is 3.43. The Bertz CT molecular complexity index is 338. The molecule has 1 unspecified atom stereocenters. The van der Waals surface area contributed by atoms with E-state index in [0.29, 0.717) is 0 Å². The lowest BCUT2D eigenvalue weighted by Crippen LogP contribution is -2.29. The molecule has 1 N–H and O–H groups in total. The van der Waals surface area contributed by atoms with E-state index in [1.54, 1.807) is 6.20 Å². The number of rotatable bonds is 5. The maximum absolute atomic E-state index is 4.16. The molecule has 1 aromatic rings. The van der Waals surface area contributed by atoms with Crippen molar-refractivity contribution in [2.45, 2.75) is 13.3 Å². The first-order chi connectivity index (χ1) is 7.09. The summed E-state index contributed by atoms with van der Waals surface area (Å²) in [5.74, 6) is 0. The Morgan fingerprint density at radius 2 is 2.33 bits per heavy atom. The first-order valence-corrected chi connectivity index (χ1v) is 5.76. The Hall–Kier alpha value is -0.670. The molecule has 2 nitrogen and oxygen atoms in total. The average Bonchev–Trinajstić information content (AvgIpc) is 2.18. The zero-order valence-corrected chi connectivity index (χ0v) is 10.8. The van der Waals surface area contributed by atoms with E-state index in [1.165, 1.54) is 5.56 Å². The minimum Gasteiger partial charge on any atom is -0.319 e. The Morgan fingerprint density at radius 3 is 2.87 bits per heavy atom. The number of hydrogen-bond donors (Lipinski definition) is 1. The minimum atomic E-state index is 0.0806. The molecule has 1 heterocycles. The molecule has 0 fully saturated rings. The highest BCUT2D eigenvalue weighted by Crippen LogP contribution is 2.23. The second-order valence-corrected chi connectivity index (χ2v) is 4.99. The lowest BCUT2D eigenvalue weighted by molar-refractivity contribution is 0.406. The van der Waals surface area contributed by atoms with E-state index in [9.17, 15) is 0 Å². The highest BCUT2D eigenvalue weighted by atomic mass is 79.9. The van der Waals surface area contributed by atoms with Gasteiger partial charge in [-0.3, -0.25) is 4.98 Å².